The summed E-state index contributed by atoms with van der Waals surface area (Å²) in [4.78, 5) is 22.9. The zero-order valence-electron chi connectivity index (χ0n) is 11.5. The number of amides is 2. The van der Waals surface area contributed by atoms with E-state index in [-0.39, 0.29) is 12.1 Å². The molecule has 1 fully saturated rings. The quantitative estimate of drug-likeness (QED) is 0.503. The number of carboxylic acids is 1. The van der Waals surface area contributed by atoms with E-state index in [9.17, 15) is 14.7 Å². The Kier molecular flexibility index (Phi) is 7.25. The molecule has 2 unspecified atom stereocenters. The van der Waals surface area contributed by atoms with E-state index in [1.54, 1.807) is 7.11 Å². The number of aliphatic carboxylic acids is 1. The molecule has 2 atom stereocenters. The number of rotatable bonds is 6. The molecule has 0 aliphatic heterocycles. The van der Waals surface area contributed by atoms with E-state index < -0.39 is 11.9 Å². The van der Waals surface area contributed by atoms with Gasteiger partial charge in [0.1, 0.15) is 0 Å². The largest absolute Gasteiger partial charge is 0.481 e. The summed E-state index contributed by atoms with van der Waals surface area (Å²) < 4.78 is 4.89. The van der Waals surface area contributed by atoms with Gasteiger partial charge in [-0.3, -0.25) is 4.79 Å². The van der Waals surface area contributed by atoms with Gasteiger partial charge in [0.2, 0.25) is 0 Å². The van der Waals surface area contributed by atoms with Crippen LogP contribution < -0.4 is 10.6 Å². The Labute approximate surface area is 113 Å². The van der Waals surface area contributed by atoms with Crippen LogP contribution in [-0.4, -0.2) is 43.4 Å². The van der Waals surface area contributed by atoms with E-state index >= 15 is 0 Å². The lowest BCUT2D eigenvalue weighted by atomic mass is 9.95. The topological polar surface area (TPSA) is 87.7 Å². The zero-order valence-corrected chi connectivity index (χ0v) is 11.5. The third-order valence-corrected chi connectivity index (χ3v) is 3.46. The second-order valence-electron chi connectivity index (χ2n) is 4.94. The molecule has 19 heavy (non-hydrogen) atoms. The van der Waals surface area contributed by atoms with Gasteiger partial charge in [-0.1, -0.05) is 19.3 Å². The Morgan fingerprint density at radius 3 is 2.68 bits per heavy atom. The minimum Gasteiger partial charge on any atom is -0.481 e. The lowest BCUT2D eigenvalue weighted by Gasteiger charge is -2.23. The third-order valence-electron chi connectivity index (χ3n) is 3.46. The molecule has 6 nitrogen and oxygen atoms in total. The maximum atomic E-state index is 11.7. The van der Waals surface area contributed by atoms with Gasteiger partial charge in [0, 0.05) is 26.3 Å². The van der Waals surface area contributed by atoms with Crippen LogP contribution in [0.3, 0.4) is 0 Å². The van der Waals surface area contributed by atoms with Crippen molar-refractivity contribution in [3.8, 4) is 0 Å². The van der Waals surface area contributed by atoms with Crippen molar-refractivity contribution in [2.24, 2.45) is 5.92 Å². The standard InChI is InChI=1S/C13H24N2O4/c1-19-9-5-8-14-13(18)15-11-7-4-2-3-6-10(11)12(16)17/h10-11H,2-9H2,1H3,(H,16,17)(H2,14,15,18). The molecule has 0 aromatic carbocycles. The van der Waals surface area contributed by atoms with Crippen LogP contribution in [0, 0.1) is 5.92 Å². The number of ether oxygens (including phenoxy) is 1. The van der Waals surface area contributed by atoms with Crippen molar-refractivity contribution >= 4 is 12.0 Å². The van der Waals surface area contributed by atoms with Crippen molar-refractivity contribution in [1.29, 1.82) is 0 Å². The Hall–Kier alpha value is -1.30. The van der Waals surface area contributed by atoms with Crippen LogP contribution in [0.25, 0.3) is 0 Å². The van der Waals surface area contributed by atoms with Gasteiger partial charge in [0.15, 0.2) is 0 Å². The highest BCUT2D eigenvalue weighted by Gasteiger charge is 2.30. The fourth-order valence-electron chi connectivity index (χ4n) is 2.41. The summed E-state index contributed by atoms with van der Waals surface area (Å²) in [5.41, 5.74) is 0. The molecule has 0 saturated heterocycles. The van der Waals surface area contributed by atoms with E-state index in [4.69, 9.17) is 4.74 Å². The van der Waals surface area contributed by atoms with Crippen LogP contribution >= 0.6 is 0 Å². The molecule has 6 heteroatoms. The predicted molar refractivity (Wildman–Crippen MR) is 71.0 cm³/mol. The van der Waals surface area contributed by atoms with E-state index in [1.807, 2.05) is 0 Å². The molecular formula is C13H24N2O4. The first-order valence-corrected chi connectivity index (χ1v) is 6.91. The Balaban J connectivity index is 2.38. The van der Waals surface area contributed by atoms with Gasteiger partial charge >= 0.3 is 12.0 Å². The van der Waals surface area contributed by atoms with Gasteiger partial charge in [0.25, 0.3) is 0 Å². The molecule has 110 valence electrons. The SMILES string of the molecule is COCCCNC(=O)NC1CCCCCC1C(=O)O. The Bertz CT molecular complexity index is 296. The second-order valence-corrected chi connectivity index (χ2v) is 4.94. The van der Waals surface area contributed by atoms with E-state index in [0.29, 0.717) is 19.6 Å². The second kappa shape index (κ2) is 8.74. The lowest BCUT2D eigenvalue weighted by Crippen LogP contribution is -2.47. The molecule has 0 radical (unpaired) electrons. The molecule has 0 spiro atoms. The Morgan fingerprint density at radius 2 is 2.00 bits per heavy atom. The number of carbonyl (C=O) groups excluding carboxylic acids is 1. The lowest BCUT2D eigenvalue weighted by molar-refractivity contribution is -0.142. The number of methoxy groups -OCH3 is 1. The first-order valence-electron chi connectivity index (χ1n) is 6.91. The van der Waals surface area contributed by atoms with Crippen molar-refractivity contribution < 1.29 is 19.4 Å². The van der Waals surface area contributed by atoms with E-state index in [1.165, 1.54) is 0 Å². The predicted octanol–water partition coefficient (Wildman–Crippen LogP) is 1.36. The summed E-state index contributed by atoms with van der Waals surface area (Å²) in [5.74, 6) is -1.28. The van der Waals surface area contributed by atoms with Crippen molar-refractivity contribution in [2.75, 3.05) is 20.3 Å². The number of urea groups is 1. The average Bonchev–Trinajstić information content (AvgIpc) is 2.60. The monoisotopic (exact) mass is 272 g/mol. The van der Waals surface area contributed by atoms with Crippen LogP contribution in [0.5, 0.6) is 0 Å². The maximum absolute atomic E-state index is 11.7. The number of hydrogen-bond donors (Lipinski definition) is 3. The highest BCUT2D eigenvalue weighted by molar-refractivity contribution is 5.76. The van der Waals surface area contributed by atoms with Gasteiger partial charge in [0.05, 0.1) is 5.92 Å². The average molecular weight is 272 g/mol. The smallest absolute Gasteiger partial charge is 0.315 e. The summed E-state index contributed by atoms with van der Waals surface area (Å²) in [7, 11) is 1.61. The molecular weight excluding hydrogens is 248 g/mol. The maximum Gasteiger partial charge on any atom is 0.315 e. The van der Waals surface area contributed by atoms with Crippen molar-refractivity contribution in [3.05, 3.63) is 0 Å². The molecule has 1 saturated carbocycles. The first kappa shape index (κ1) is 15.8. The first-order chi connectivity index (χ1) is 9.15. The summed E-state index contributed by atoms with van der Waals surface area (Å²) in [6, 6.07) is -0.545. The highest BCUT2D eigenvalue weighted by Crippen LogP contribution is 2.23. The van der Waals surface area contributed by atoms with Crippen molar-refractivity contribution in [3.63, 3.8) is 0 Å². The number of carboxylic acid groups (broad SMARTS) is 1. The highest BCUT2D eigenvalue weighted by atomic mass is 16.5. The molecule has 1 aliphatic rings. The number of nitrogens with one attached hydrogen (secondary N) is 2. The molecule has 2 amide bonds. The minimum absolute atomic E-state index is 0.262. The van der Waals surface area contributed by atoms with E-state index in [2.05, 4.69) is 10.6 Å². The van der Waals surface area contributed by atoms with Gasteiger partial charge in [-0.05, 0) is 19.3 Å². The third kappa shape index (κ3) is 5.92. The number of carbonyl (C=O) groups is 2. The van der Waals surface area contributed by atoms with Gasteiger partial charge < -0.3 is 20.5 Å². The number of hydrogen-bond acceptors (Lipinski definition) is 3. The molecule has 3 N–H and O–H groups in total. The molecule has 0 aromatic rings. The fraction of sp³-hybridized carbons (Fsp3) is 0.846. The van der Waals surface area contributed by atoms with Crippen LogP contribution in [-0.2, 0) is 9.53 Å². The van der Waals surface area contributed by atoms with Crippen molar-refractivity contribution in [2.45, 2.75) is 44.6 Å². The van der Waals surface area contributed by atoms with Crippen LogP contribution in [0.2, 0.25) is 0 Å². The summed E-state index contributed by atoms with van der Waals surface area (Å²) >= 11 is 0. The zero-order chi connectivity index (χ0) is 14.1. The van der Waals surface area contributed by atoms with Crippen molar-refractivity contribution in [1.82, 2.24) is 10.6 Å². The molecule has 1 aliphatic carbocycles. The normalized spacial score (nSPS) is 23.4. The molecule has 0 heterocycles. The van der Waals surface area contributed by atoms with Gasteiger partial charge in [-0.15, -0.1) is 0 Å². The van der Waals surface area contributed by atoms with E-state index in [0.717, 1.165) is 32.1 Å². The summed E-state index contributed by atoms with van der Waals surface area (Å²) in [5, 5.41) is 14.7. The molecule has 1 rings (SSSR count). The minimum atomic E-state index is -0.813. The molecule has 0 aromatic heterocycles. The molecule has 0 bridgehead atoms. The van der Waals surface area contributed by atoms with Crippen LogP contribution in [0.1, 0.15) is 38.5 Å². The Morgan fingerprint density at radius 1 is 1.26 bits per heavy atom. The summed E-state index contributed by atoms with van der Waals surface area (Å²) in [6.45, 7) is 1.13. The van der Waals surface area contributed by atoms with Crippen LogP contribution in [0.15, 0.2) is 0 Å². The van der Waals surface area contributed by atoms with Crippen LogP contribution in [0.4, 0.5) is 4.79 Å². The van der Waals surface area contributed by atoms with Gasteiger partial charge in [-0.2, -0.15) is 0 Å². The van der Waals surface area contributed by atoms with Gasteiger partial charge in [-0.25, -0.2) is 4.79 Å². The summed E-state index contributed by atoms with van der Waals surface area (Å²) in [6.07, 6.45) is 5.06. The fourth-order valence-corrected chi connectivity index (χ4v) is 2.41.